The Morgan fingerprint density at radius 2 is 2.00 bits per heavy atom. The molecular weight excluding hydrogens is 218 g/mol. The maximum atomic E-state index is 12.1. The Hall–Kier alpha value is -1.19. The molecule has 0 unspecified atom stereocenters. The summed E-state index contributed by atoms with van der Waals surface area (Å²) in [5.74, 6) is -0.330. The number of nitroso groups, excluding NO2 is 1. The summed E-state index contributed by atoms with van der Waals surface area (Å²) in [7, 11) is 0. The molecule has 0 spiro atoms. The third-order valence-electron chi connectivity index (χ3n) is 2.94. The molecule has 0 saturated heterocycles. The van der Waals surface area contributed by atoms with Crippen molar-refractivity contribution in [2.45, 2.75) is 47.0 Å². The highest BCUT2D eigenvalue weighted by Gasteiger charge is 2.41. The normalized spacial score (nSPS) is 15.2. The lowest BCUT2D eigenvalue weighted by Crippen LogP contribution is -2.37. The molecule has 0 aromatic heterocycles. The lowest BCUT2D eigenvalue weighted by molar-refractivity contribution is -0.153. The van der Waals surface area contributed by atoms with Crippen molar-refractivity contribution in [1.82, 2.24) is 0 Å². The van der Waals surface area contributed by atoms with Gasteiger partial charge in [0.2, 0.25) is 0 Å². The van der Waals surface area contributed by atoms with Crippen molar-refractivity contribution in [1.29, 1.82) is 0 Å². The molecule has 0 heterocycles. The second-order valence-corrected chi connectivity index (χ2v) is 4.14. The van der Waals surface area contributed by atoms with Gasteiger partial charge in [-0.25, -0.2) is 0 Å². The summed E-state index contributed by atoms with van der Waals surface area (Å²) in [6.45, 7) is 7.91. The Kier molecular flexibility index (Phi) is 7.42. The minimum atomic E-state index is -0.859. The smallest absolute Gasteiger partial charge is 0.318 e. The van der Waals surface area contributed by atoms with Crippen LogP contribution in [0.5, 0.6) is 0 Å². The van der Waals surface area contributed by atoms with Crippen LogP contribution in [0.1, 0.15) is 47.0 Å². The minimum absolute atomic E-state index is 0.0397. The van der Waals surface area contributed by atoms with Crippen LogP contribution >= 0.6 is 0 Å². The number of esters is 1. The topological polar surface area (TPSA) is 55.7 Å². The van der Waals surface area contributed by atoms with Gasteiger partial charge in [-0.3, -0.25) is 4.79 Å². The Balaban J connectivity index is 5.31. The first-order valence-corrected chi connectivity index (χ1v) is 6.22. The first-order valence-electron chi connectivity index (χ1n) is 6.22. The number of rotatable bonds is 8. The monoisotopic (exact) mass is 241 g/mol. The molecule has 17 heavy (non-hydrogen) atoms. The van der Waals surface area contributed by atoms with Gasteiger partial charge < -0.3 is 4.74 Å². The average molecular weight is 241 g/mol. The predicted molar refractivity (Wildman–Crippen MR) is 68.7 cm³/mol. The van der Waals surface area contributed by atoms with Crippen LogP contribution in [-0.2, 0) is 9.53 Å². The van der Waals surface area contributed by atoms with Gasteiger partial charge in [0, 0.05) is 0 Å². The number of hydrogen-bond donors (Lipinski definition) is 0. The van der Waals surface area contributed by atoms with Crippen LogP contribution in [0, 0.1) is 10.3 Å². The molecule has 4 nitrogen and oxygen atoms in total. The molecule has 0 rings (SSSR count). The third kappa shape index (κ3) is 3.95. The zero-order chi connectivity index (χ0) is 13.3. The third-order valence-corrected chi connectivity index (χ3v) is 2.94. The summed E-state index contributed by atoms with van der Waals surface area (Å²) in [5.41, 5.74) is 0.0302. The van der Waals surface area contributed by atoms with Crippen LogP contribution in [0.15, 0.2) is 16.8 Å². The van der Waals surface area contributed by atoms with Gasteiger partial charge in [0.25, 0.3) is 0 Å². The fourth-order valence-electron chi connectivity index (χ4n) is 2.04. The molecule has 0 aliphatic rings. The number of carbonyl (C=O) groups excluding carboxylic acids is 1. The Labute approximate surface area is 103 Å². The second kappa shape index (κ2) is 7.98. The molecule has 0 saturated carbocycles. The van der Waals surface area contributed by atoms with Crippen LogP contribution in [0.3, 0.4) is 0 Å². The van der Waals surface area contributed by atoms with Crippen molar-refractivity contribution >= 4 is 5.97 Å². The summed E-state index contributed by atoms with van der Waals surface area (Å²) < 4.78 is 5.10. The van der Waals surface area contributed by atoms with Crippen molar-refractivity contribution in [3.63, 3.8) is 0 Å². The van der Waals surface area contributed by atoms with Crippen molar-refractivity contribution < 1.29 is 9.53 Å². The van der Waals surface area contributed by atoms with Crippen LogP contribution in [-0.4, -0.2) is 19.1 Å². The number of allylic oxidation sites excluding steroid dienone is 1. The van der Waals surface area contributed by atoms with E-state index in [9.17, 15) is 9.70 Å². The first-order chi connectivity index (χ1) is 8.08. The number of nitrogens with zero attached hydrogens (tertiary/aromatic N) is 1. The molecule has 0 amide bonds. The summed E-state index contributed by atoms with van der Waals surface area (Å²) >= 11 is 0. The SMILES string of the molecule is CC/C=C(\C)[C@](CCC)(CN=O)C(=O)OCC. The molecule has 0 N–H and O–H groups in total. The highest BCUT2D eigenvalue weighted by molar-refractivity contribution is 5.81. The van der Waals surface area contributed by atoms with Crippen molar-refractivity contribution in [3.05, 3.63) is 16.6 Å². The van der Waals surface area contributed by atoms with E-state index in [2.05, 4.69) is 5.18 Å². The van der Waals surface area contributed by atoms with Gasteiger partial charge in [-0.15, -0.1) is 0 Å². The van der Waals surface area contributed by atoms with E-state index < -0.39 is 5.41 Å². The lowest BCUT2D eigenvalue weighted by atomic mass is 9.76. The number of carbonyl (C=O) groups is 1. The van der Waals surface area contributed by atoms with Crippen molar-refractivity contribution in [2.75, 3.05) is 13.2 Å². The summed E-state index contributed by atoms with van der Waals surface area (Å²) in [6, 6.07) is 0. The largest absolute Gasteiger partial charge is 0.465 e. The molecule has 0 fully saturated rings. The summed E-state index contributed by atoms with van der Waals surface area (Å²) in [4.78, 5) is 22.7. The van der Waals surface area contributed by atoms with E-state index in [1.165, 1.54) is 0 Å². The average Bonchev–Trinajstić information content (AvgIpc) is 2.29. The van der Waals surface area contributed by atoms with E-state index in [0.717, 1.165) is 18.4 Å². The maximum absolute atomic E-state index is 12.1. The number of hydrogen-bond acceptors (Lipinski definition) is 4. The van der Waals surface area contributed by atoms with Crippen molar-refractivity contribution in [2.24, 2.45) is 10.6 Å². The lowest BCUT2D eigenvalue weighted by Gasteiger charge is -2.29. The molecule has 1 atom stereocenters. The van der Waals surface area contributed by atoms with Gasteiger partial charge in [-0.05, 0) is 26.7 Å². The minimum Gasteiger partial charge on any atom is -0.465 e. The molecule has 4 heteroatoms. The predicted octanol–water partition coefficient (Wildman–Crippen LogP) is 3.46. The number of ether oxygens (including phenoxy) is 1. The molecule has 0 radical (unpaired) electrons. The Bertz CT molecular complexity index is 286. The zero-order valence-electron chi connectivity index (χ0n) is 11.3. The molecule has 0 aromatic carbocycles. The van der Waals surface area contributed by atoms with Gasteiger partial charge in [0.1, 0.15) is 12.0 Å². The Morgan fingerprint density at radius 1 is 1.35 bits per heavy atom. The molecule has 0 aromatic rings. The van der Waals surface area contributed by atoms with E-state index >= 15 is 0 Å². The van der Waals surface area contributed by atoms with Crippen LogP contribution < -0.4 is 0 Å². The molecule has 0 bridgehead atoms. The van der Waals surface area contributed by atoms with Crippen LogP contribution in [0.4, 0.5) is 0 Å². The van der Waals surface area contributed by atoms with Gasteiger partial charge in [-0.1, -0.05) is 37.1 Å². The molecular formula is C13H23NO3. The molecule has 0 aliphatic carbocycles. The molecule has 98 valence electrons. The van der Waals surface area contributed by atoms with E-state index in [0.29, 0.717) is 13.0 Å². The van der Waals surface area contributed by atoms with E-state index in [1.54, 1.807) is 6.92 Å². The van der Waals surface area contributed by atoms with E-state index in [4.69, 9.17) is 4.74 Å². The maximum Gasteiger partial charge on any atom is 0.318 e. The second-order valence-electron chi connectivity index (χ2n) is 4.14. The van der Waals surface area contributed by atoms with E-state index in [-0.39, 0.29) is 12.5 Å². The van der Waals surface area contributed by atoms with Gasteiger partial charge in [-0.2, -0.15) is 4.91 Å². The fraction of sp³-hybridized carbons (Fsp3) is 0.769. The van der Waals surface area contributed by atoms with Crippen LogP contribution in [0.25, 0.3) is 0 Å². The first kappa shape index (κ1) is 15.8. The summed E-state index contributed by atoms with van der Waals surface area (Å²) in [5, 5.41) is 2.94. The fourth-order valence-corrected chi connectivity index (χ4v) is 2.04. The standard InChI is InChI=1S/C13H23NO3/c1-5-8-11(4)13(9-6-2,10-14-16)12(15)17-7-3/h8H,5-7,9-10H2,1-4H3/b11-8+/t13-/m0/s1. The van der Waals surface area contributed by atoms with E-state index in [1.807, 2.05) is 26.8 Å². The summed E-state index contributed by atoms with van der Waals surface area (Å²) in [6.07, 6.45) is 4.20. The quantitative estimate of drug-likeness (QED) is 0.371. The molecule has 0 aliphatic heterocycles. The Morgan fingerprint density at radius 3 is 2.41 bits per heavy atom. The van der Waals surface area contributed by atoms with Gasteiger partial charge in [0.05, 0.1) is 6.61 Å². The van der Waals surface area contributed by atoms with Crippen molar-refractivity contribution in [3.8, 4) is 0 Å². The highest BCUT2D eigenvalue weighted by atomic mass is 16.5. The zero-order valence-corrected chi connectivity index (χ0v) is 11.3. The highest BCUT2D eigenvalue weighted by Crippen LogP contribution is 2.35. The van der Waals surface area contributed by atoms with Crippen LogP contribution in [0.2, 0.25) is 0 Å². The van der Waals surface area contributed by atoms with Gasteiger partial charge >= 0.3 is 5.97 Å². The van der Waals surface area contributed by atoms with Gasteiger partial charge in [0.15, 0.2) is 0 Å².